The van der Waals surface area contributed by atoms with E-state index in [1.807, 2.05) is 11.3 Å². The molecule has 0 fully saturated rings. The molecule has 0 amide bonds. The van der Waals surface area contributed by atoms with Gasteiger partial charge in [-0.1, -0.05) is 115 Å². The molecular weight excluding hydrogens is 659 g/mol. The first kappa shape index (κ1) is 30.2. The maximum atomic E-state index is 2.46. The van der Waals surface area contributed by atoms with Crippen molar-refractivity contribution in [3.8, 4) is 44.5 Å². The van der Waals surface area contributed by atoms with E-state index in [4.69, 9.17) is 0 Å². The van der Waals surface area contributed by atoms with Gasteiger partial charge in [0.25, 0.3) is 0 Å². The Hall–Kier alpha value is -6.48. The fourth-order valence-corrected chi connectivity index (χ4v) is 9.40. The van der Waals surface area contributed by atoms with Crippen molar-refractivity contribution in [2.45, 2.75) is 6.92 Å². The van der Waals surface area contributed by atoms with Crippen LogP contribution in [0.2, 0.25) is 0 Å². The van der Waals surface area contributed by atoms with Crippen molar-refractivity contribution in [2.75, 3.05) is 4.90 Å². The van der Waals surface area contributed by atoms with E-state index in [0.717, 1.165) is 11.4 Å². The molecule has 1 aliphatic carbocycles. The summed E-state index contributed by atoms with van der Waals surface area (Å²) in [4.78, 5) is 2.46. The molecule has 53 heavy (non-hydrogen) atoms. The largest absolute Gasteiger partial charge is 0.310 e. The number of fused-ring (bicyclic) bond motifs is 9. The summed E-state index contributed by atoms with van der Waals surface area (Å²) in [7, 11) is 0. The highest BCUT2D eigenvalue weighted by Crippen LogP contribution is 2.52. The fraction of sp³-hybridized carbons (Fsp3) is 0.0196. The van der Waals surface area contributed by atoms with Crippen LogP contribution in [0.15, 0.2) is 182 Å². The highest BCUT2D eigenvalue weighted by atomic mass is 32.1. The first-order chi connectivity index (χ1) is 26.1. The molecule has 0 saturated heterocycles. The average molecular weight is 692 g/mol. The molecule has 1 nitrogen and oxygen atoms in total. The summed E-state index contributed by atoms with van der Waals surface area (Å²) in [5.74, 6) is 0. The molecule has 248 valence electrons. The van der Waals surface area contributed by atoms with Crippen molar-refractivity contribution in [2.24, 2.45) is 0 Å². The summed E-state index contributed by atoms with van der Waals surface area (Å²) in [5, 5.41) is 7.65. The predicted octanol–water partition coefficient (Wildman–Crippen LogP) is 15.1. The third-order valence-corrected chi connectivity index (χ3v) is 12.1. The number of hydrogen-bond acceptors (Lipinski definition) is 2. The van der Waals surface area contributed by atoms with Crippen LogP contribution in [0.4, 0.5) is 17.1 Å². The molecule has 0 radical (unpaired) electrons. The number of thiophene rings is 1. The normalized spacial score (nSPS) is 11.9. The maximum absolute atomic E-state index is 2.46. The maximum Gasteiger partial charge on any atom is 0.0547 e. The average Bonchev–Trinajstić information content (AvgIpc) is 3.58. The van der Waals surface area contributed by atoms with Crippen LogP contribution in [0, 0.1) is 6.92 Å². The van der Waals surface area contributed by atoms with E-state index in [1.165, 1.54) is 97.5 Å². The van der Waals surface area contributed by atoms with E-state index >= 15 is 0 Å². The van der Waals surface area contributed by atoms with E-state index in [1.54, 1.807) is 0 Å². The van der Waals surface area contributed by atoms with Gasteiger partial charge in [-0.2, -0.15) is 0 Å². The zero-order valence-electron chi connectivity index (χ0n) is 29.2. The molecule has 11 rings (SSSR count). The van der Waals surface area contributed by atoms with E-state index in [9.17, 15) is 0 Å². The zero-order valence-corrected chi connectivity index (χ0v) is 30.0. The number of rotatable bonds is 5. The molecule has 10 aromatic rings. The van der Waals surface area contributed by atoms with Crippen molar-refractivity contribution >= 4 is 70.1 Å². The Morgan fingerprint density at radius 3 is 1.66 bits per heavy atom. The molecule has 0 bridgehead atoms. The van der Waals surface area contributed by atoms with Crippen molar-refractivity contribution in [3.63, 3.8) is 0 Å². The lowest BCUT2D eigenvalue weighted by Crippen LogP contribution is -2.11. The Kier molecular flexibility index (Phi) is 6.71. The van der Waals surface area contributed by atoms with Gasteiger partial charge < -0.3 is 4.90 Å². The highest BCUT2D eigenvalue weighted by Gasteiger charge is 2.25. The number of benzene rings is 9. The minimum atomic E-state index is 1.14. The van der Waals surface area contributed by atoms with Crippen LogP contribution < -0.4 is 4.90 Å². The monoisotopic (exact) mass is 691 g/mol. The molecule has 0 atom stereocenters. The Bertz CT molecular complexity index is 3050. The van der Waals surface area contributed by atoms with Crippen LogP contribution in [0.3, 0.4) is 0 Å². The lowest BCUT2D eigenvalue weighted by atomic mass is 9.77. The highest BCUT2D eigenvalue weighted by molar-refractivity contribution is 7.25. The molecule has 9 aromatic carbocycles. The second-order valence-corrected chi connectivity index (χ2v) is 15.3. The Balaban J connectivity index is 1.09. The molecule has 0 spiro atoms. The summed E-state index contributed by atoms with van der Waals surface area (Å²) in [6, 6.07) is 67.4. The standard InChI is InChI=1S/C51H33NS/c1-32-16-21-40(22-17-32)52(49-30-48-42-14-8-9-15-50(42)53-51(48)31-43(49)34-12-6-3-7-13-34)41-23-20-37-27-45-44-26-36-19-18-35(33-10-4-2-5-11-33)24-38(36)28-46(44)47(45)29-39(37)25-41/h2-31H,1H3. The van der Waals surface area contributed by atoms with Crippen molar-refractivity contribution < 1.29 is 0 Å². The molecule has 0 aliphatic heterocycles. The molecule has 0 N–H and O–H groups in total. The number of anilines is 3. The molecule has 0 unspecified atom stereocenters. The van der Waals surface area contributed by atoms with Crippen molar-refractivity contribution in [1.82, 2.24) is 0 Å². The number of aryl methyl sites for hydroxylation is 1. The summed E-state index contributed by atoms with van der Waals surface area (Å²) in [6.45, 7) is 2.16. The van der Waals surface area contributed by atoms with Gasteiger partial charge in [-0.05, 0) is 140 Å². The van der Waals surface area contributed by atoms with Gasteiger partial charge in [-0.15, -0.1) is 11.3 Å². The minimum Gasteiger partial charge on any atom is -0.310 e. The first-order valence-electron chi connectivity index (χ1n) is 18.2. The van der Waals surface area contributed by atoms with Crippen molar-refractivity contribution in [1.29, 1.82) is 0 Å². The SMILES string of the molecule is Cc1ccc(N(c2ccc3cc4c(cc3c2)-c2cc3cc(-c5ccccc5)ccc3cc2-4)c2cc3c(cc2-c2ccccc2)sc2ccccc23)cc1. The number of hydrogen-bond donors (Lipinski definition) is 0. The Labute approximate surface area is 312 Å². The van der Waals surface area contributed by atoms with E-state index in [-0.39, 0.29) is 0 Å². The van der Waals surface area contributed by atoms with E-state index < -0.39 is 0 Å². The molecule has 1 aliphatic rings. The Morgan fingerprint density at radius 2 is 0.943 bits per heavy atom. The van der Waals surface area contributed by atoms with Gasteiger partial charge in [0.15, 0.2) is 0 Å². The van der Waals surface area contributed by atoms with Crippen LogP contribution >= 0.6 is 11.3 Å². The van der Waals surface area contributed by atoms with Gasteiger partial charge in [0.1, 0.15) is 0 Å². The second kappa shape index (κ2) is 11.8. The van der Waals surface area contributed by atoms with E-state index in [2.05, 4.69) is 194 Å². The summed E-state index contributed by atoms with van der Waals surface area (Å²) in [6.07, 6.45) is 0. The smallest absolute Gasteiger partial charge is 0.0547 e. The number of nitrogens with zero attached hydrogens (tertiary/aromatic N) is 1. The summed E-state index contributed by atoms with van der Waals surface area (Å²) in [5.41, 5.74) is 15.0. The summed E-state index contributed by atoms with van der Waals surface area (Å²) >= 11 is 1.87. The fourth-order valence-electron chi connectivity index (χ4n) is 8.28. The lowest BCUT2D eigenvalue weighted by molar-refractivity contribution is 1.29. The first-order valence-corrected chi connectivity index (χ1v) is 19.1. The molecule has 0 saturated carbocycles. The summed E-state index contributed by atoms with van der Waals surface area (Å²) < 4.78 is 2.62. The van der Waals surface area contributed by atoms with Crippen LogP contribution in [-0.4, -0.2) is 0 Å². The van der Waals surface area contributed by atoms with Crippen LogP contribution in [0.25, 0.3) is 86.2 Å². The molecule has 1 aromatic heterocycles. The Morgan fingerprint density at radius 1 is 0.358 bits per heavy atom. The van der Waals surface area contributed by atoms with Gasteiger partial charge in [0, 0.05) is 37.1 Å². The topological polar surface area (TPSA) is 3.24 Å². The zero-order chi connectivity index (χ0) is 35.0. The van der Waals surface area contributed by atoms with Crippen LogP contribution in [-0.2, 0) is 0 Å². The molecular formula is C51H33NS. The molecule has 1 heterocycles. The molecule has 2 heteroatoms. The van der Waals surface area contributed by atoms with Gasteiger partial charge in [0.2, 0.25) is 0 Å². The second-order valence-electron chi connectivity index (χ2n) is 14.3. The van der Waals surface area contributed by atoms with Crippen LogP contribution in [0.1, 0.15) is 5.56 Å². The van der Waals surface area contributed by atoms with Gasteiger partial charge in [0.05, 0.1) is 5.69 Å². The van der Waals surface area contributed by atoms with Gasteiger partial charge in [-0.25, -0.2) is 0 Å². The van der Waals surface area contributed by atoms with E-state index in [0.29, 0.717) is 0 Å². The lowest BCUT2D eigenvalue weighted by Gasteiger charge is -2.29. The third kappa shape index (κ3) is 4.91. The van der Waals surface area contributed by atoms with Crippen molar-refractivity contribution in [3.05, 3.63) is 188 Å². The minimum absolute atomic E-state index is 1.14. The third-order valence-electron chi connectivity index (χ3n) is 11.0. The van der Waals surface area contributed by atoms with Gasteiger partial charge in [-0.3, -0.25) is 0 Å². The van der Waals surface area contributed by atoms with Crippen LogP contribution in [0.5, 0.6) is 0 Å². The predicted molar refractivity (Wildman–Crippen MR) is 229 cm³/mol. The van der Waals surface area contributed by atoms with Gasteiger partial charge >= 0.3 is 0 Å². The quantitative estimate of drug-likeness (QED) is 0.174.